The first-order valence-electron chi connectivity index (χ1n) is 7.81. The summed E-state index contributed by atoms with van der Waals surface area (Å²) in [6.07, 6.45) is 3.92. The van der Waals surface area contributed by atoms with Gasteiger partial charge in [-0.3, -0.25) is 9.79 Å². The molecule has 1 aromatic heterocycles. The second-order valence-electron chi connectivity index (χ2n) is 6.09. The van der Waals surface area contributed by atoms with Crippen molar-refractivity contribution < 1.29 is 9.21 Å². The van der Waals surface area contributed by atoms with E-state index < -0.39 is 0 Å². The number of nitrogens with one attached hydrogen (secondary N) is 2. The molecule has 1 fully saturated rings. The average Bonchev–Trinajstić information content (AvgIpc) is 3.16. The third-order valence-electron chi connectivity index (χ3n) is 4.37. The van der Waals surface area contributed by atoms with Gasteiger partial charge in [0.1, 0.15) is 5.76 Å². The van der Waals surface area contributed by atoms with Crippen LogP contribution in [0.1, 0.15) is 32.4 Å². The van der Waals surface area contributed by atoms with Gasteiger partial charge < -0.3 is 20.0 Å². The number of amides is 1. The maximum absolute atomic E-state index is 11.9. The van der Waals surface area contributed by atoms with Crippen molar-refractivity contribution in [3.63, 3.8) is 0 Å². The number of hydrogen-bond acceptors (Lipinski definition) is 3. The van der Waals surface area contributed by atoms with E-state index in [1.807, 2.05) is 6.07 Å². The number of nitrogens with zero attached hydrogens (tertiary/aromatic N) is 2. The molecule has 6 heteroatoms. The summed E-state index contributed by atoms with van der Waals surface area (Å²) in [6, 6.07) is 3.64. The molecule has 1 aliphatic rings. The number of carbonyl (C=O) groups excluding carboxylic acids is 1. The van der Waals surface area contributed by atoms with E-state index in [2.05, 4.69) is 34.4 Å². The van der Waals surface area contributed by atoms with Crippen LogP contribution in [0.25, 0.3) is 0 Å². The van der Waals surface area contributed by atoms with Gasteiger partial charge >= 0.3 is 0 Å². The normalized spacial score (nSPS) is 22.0. The SMILES string of the molecule is CCC1(C)CCN(C(=NC)NCC(=O)NCc2ccco2)C1. The summed E-state index contributed by atoms with van der Waals surface area (Å²) < 4.78 is 5.18. The second-order valence-corrected chi connectivity index (χ2v) is 6.09. The Bertz CT molecular complexity index is 512. The molecule has 1 atom stereocenters. The van der Waals surface area contributed by atoms with Gasteiger partial charge in [-0.1, -0.05) is 13.8 Å². The fourth-order valence-electron chi connectivity index (χ4n) is 2.65. The van der Waals surface area contributed by atoms with Crippen LogP contribution in [-0.2, 0) is 11.3 Å². The van der Waals surface area contributed by atoms with Gasteiger partial charge in [0.05, 0.1) is 19.4 Å². The van der Waals surface area contributed by atoms with Crippen molar-refractivity contribution in [3.05, 3.63) is 24.2 Å². The summed E-state index contributed by atoms with van der Waals surface area (Å²) >= 11 is 0. The van der Waals surface area contributed by atoms with Gasteiger partial charge in [-0.2, -0.15) is 0 Å². The maximum atomic E-state index is 11.9. The van der Waals surface area contributed by atoms with Crippen LogP contribution < -0.4 is 10.6 Å². The van der Waals surface area contributed by atoms with Gasteiger partial charge in [-0.25, -0.2) is 0 Å². The smallest absolute Gasteiger partial charge is 0.239 e. The Morgan fingerprint density at radius 1 is 1.50 bits per heavy atom. The highest BCUT2D eigenvalue weighted by molar-refractivity contribution is 5.86. The van der Waals surface area contributed by atoms with E-state index in [1.165, 1.54) is 0 Å². The van der Waals surface area contributed by atoms with Gasteiger partial charge in [-0.15, -0.1) is 0 Å². The predicted molar refractivity (Wildman–Crippen MR) is 86.5 cm³/mol. The number of guanidine groups is 1. The number of likely N-dealkylation sites (tertiary alicyclic amines) is 1. The van der Waals surface area contributed by atoms with Crippen molar-refractivity contribution in [2.24, 2.45) is 10.4 Å². The van der Waals surface area contributed by atoms with Crippen LogP contribution in [-0.4, -0.2) is 43.4 Å². The zero-order chi connectivity index (χ0) is 16.0. The summed E-state index contributed by atoms with van der Waals surface area (Å²) in [5, 5.41) is 5.95. The van der Waals surface area contributed by atoms with E-state index >= 15 is 0 Å². The first kappa shape index (κ1) is 16.4. The summed E-state index contributed by atoms with van der Waals surface area (Å²) in [7, 11) is 1.75. The largest absolute Gasteiger partial charge is 0.467 e. The van der Waals surface area contributed by atoms with Crippen molar-refractivity contribution in [3.8, 4) is 0 Å². The molecule has 2 heterocycles. The lowest BCUT2D eigenvalue weighted by Crippen LogP contribution is -2.45. The third-order valence-corrected chi connectivity index (χ3v) is 4.37. The quantitative estimate of drug-likeness (QED) is 0.640. The molecular weight excluding hydrogens is 280 g/mol. The zero-order valence-corrected chi connectivity index (χ0v) is 13.7. The zero-order valence-electron chi connectivity index (χ0n) is 13.7. The first-order valence-corrected chi connectivity index (χ1v) is 7.81. The minimum atomic E-state index is -0.0741. The molecule has 0 bridgehead atoms. The highest BCUT2D eigenvalue weighted by Gasteiger charge is 2.33. The highest BCUT2D eigenvalue weighted by Crippen LogP contribution is 2.32. The molecule has 1 aromatic rings. The van der Waals surface area contributed by atoms with Crippen LogP contribution in [0.15, 0.2) is 27.8 Å². The molecule has 122 valence electrons. The Morgan fingerprint density at radius 2 is 2.32 bits per heavy atom. The van der Waals surface area contributed by atoms with Crippen LogP contribution in [0.5, 0.6) is 0 Å². The summed E-state index contributed by atoms with van der Waals surface area (Å²) in [5.74, 6) is 1.47. The van der Waals surface area contributed by atoms with Crippen LogP contribution in [0.3, 0.4) is 0 Å². The molecule has 1 unspecified atom stereocenters. The van der Waals surface area contributed by atoms with Crippen molar-refractivity contribution in [1.29, 1.82) is 0 Å². The third kappa shape index (κ3) is 4.26. The lowest BCUT2D eigenvalue weighted by Gasteiger charge is -2.25. The molecule has 2 rings (SSSR count). The van der Waals surface area contributed by atoms with E-state index in [0.717, 1.165) is 37.7 Å². The molecule has 0 spiro atoms. The van der Waals surface area contributed by atoms with E-state index in [1.54, 1.807) is 19.4 Å². The second kappa shape index (κ2) is 7.33. The van der Waals surface area contributed by atoms with Crippen LogP contribution in [0.2, 0.25) is 0 Å². The van der Waals surface area contributed by atoms with E-state index in [0.29, 0.717) is 12.0 Å². The number of aliphatic imine (C=N–C) groups is 1. The molecular formula is C16H26N4O2. The highest BCUT2D eigenvalue weighted by atomic mass is 16.3. The fourth-order valence-corrected chi connectivity index (χ4v) is 2.65. The lowest BCUT2D eigenvalue weighted by atomic mass is 9.87. The number of rotatable bonds is 5. The summed E-state index contributed by atoms with van der Waals surface area (Å²) in [6.45, 7) is 7.11. The van der Waals surface area contributed by atoms with E-state index in [-0.39, 0.29) is 12.5 Å². The van der Waals surface area contributed by atoms with Crippen LogP contribution in [0.4, 0.5) is 0 Å². The minimum Gasteiger partial charge on any atom is -0.467 e. The Hall–Kier alpha value is -1.98. The molecule has 0 aliphatic carbocycles. The predicted octanol–water partition coefficient (Wildman–Crippen LogP) is 1.59. The van der Waals surface area contributed by atoms with Crippen molar-refractivity contribution in [2.45, 2.75) is 33.2 Å². The summed E-state index contributed by atoms with van der Waals surface area (Å²) in [5.41, 5.74) is 0.346. The number of hydrogen-bond donors (Lipinski definition) is 2. The molecule has 22 heavy (non-hydrogen) atoms. The summed E-state index contributed by atoms with van der Waals surface area (Å²) in [4.78, 5) is 18.4. The monoisotopic (exact) mass is 306 g/mol. The number of carbonyl (C=O) groups is 1. The first-order chi connectivity index (χ1) is 10.6. The van der Waals surface area contributed by atoms with Crippen molar-refractivity contribution in [2.75, 3.05) is 26.7 Å². The maximum Gasteiger partial charge on any atom is 0.239 e. The van der Waals surface area contributed by atoms with Crippen molar-refractivity contribution >= 4 is 11.9 Å². The van der Waals surface area contributed by atoms with Gasteiger partial charge in [0.15, 0.2) is 5.96 Å². The van der Waals surface area contributed by atoms with Crippen molar-refractivity contribution in [1.82, 2.24) is 15.5 Å². The molecule has 1 amide bonds. The van der Waals surface area contributed by atoms with E-state index in [4.69, 9.17) is 4.42 Å². The number of furan rings is 1. The molecule has 1 aliphatic heterocycles. The molecule has 0 saturated carbocycles. The Labute approximate surface area is 132 Å². The van der Waals surface area contributed by atoms with Crippen LogP contribution in [0, 0.1) is 5.41 Å². The molecule has 1 saturated heterocycles. The fraction of sp³-hybridized carbons (Fsp3) is 0.625. The average molecular weight is 306 g/mol. The molecule has 0 aromatic carbocycles. The van der Waals surface area contributed by atoms with Gasteiger partial charge in [-0.05, 0) is 30.4 Å². The molecule has 6 nitrogen and oxygen atoms in total. The Balaban J connectivity index is 1.76. The molecule has 0 radical (unpaired) electrons. The standard InChI is InChI=1S/C16H26N4O2/c1-4-16(2)7-8-20(12-16)15(17-3)19-11-14(21)18-10-13-6-5-9-22-13/h5-6,9H,4,7-8,10-12H2,1-3H3,(H,17,19)(H,18,21). The van der Waals surface area contributed by atoms with Gasteiger partial charge in [0.25, 0.3) is 0 Å². The Morgan fingerprint density at radius 3 is 2.91 bits per heavy atom. The Kier molecular flexibility index (Phi) is 5.46. The topological polar surface area (TPSA) is 69.9 Å². The van der Waals surface area contributed by atoms with Crippen LogP contribution >= 0.6 is 0 Å². The van der Waals surface area contributed by atoms with Gasteiger partial charge in [0, 0.05) is 20.1 Å². The minimum absolute atomic E-state index is 0.0741. The van der Waals surface area contributed by atoms with E-state index in [9.17, 15) is 4.79 Å². The van der Waals surface area contributed by atoms with Gasteiger partial charge in [0.2, 0.25) is 5.91 Å². The lowest BCUT2D eigenvalue weighted by molar-refractivity contribution is -0.120. The molecule has 2 N–H and O–H groups in total.